The number of nitrogens with two attached hydrogens (primary N) is 1. The van der Waals surface area contributed by atoms with Crippen LogP contribution in [0.4, 0.5) is 0 Å². The quantitative estimate of drug-likeness (QED) is 0.659. The summed E-state index contributed by atoms with van der Waals surface area (Å²) in [5.74, 6) is -0.752. The molecule has 0 radical (unpaired) electrons. The molecule has 1 aliphatic heterocycles. The SMILES string of the molecule is CC(C(N)=S)N1CCN(C(=O)CS(C)(=O)=O)CC1. The fraction of sp³-hybridized carbons (Fsp3) is 0.800. The second-order valence-electron chi connectivity index (χ2n) is 4.57. The van der Waals surface area contributed by atoms with E-state index in [0.717, 1.165) is 6.26 Å². The zero-order valence-electron chi connectivity index (χ0n) is 10.6. The highest BCUT2D eigenvalue weighted by molar-refractivity contribution is 7.91. The monoisotopic (exact) mass is 293 g/mol. The Morgan fingerprint density at radius 1 is 1.33 bits per heavy atom. The van der Waals surface area contributed by atoms with Gasteiger partial charge in [0.25, 0.3) is 0 Å². The van der Waals surface area contributed by atoms with E-state index in [1.54, 1.807) is 4.90 Å². The number of piperazine rings is 1. The number of carbonyl (C=O) groups is 1. The lowest BCUT2D eigenvalue weighted by Crippen LogP contribution is -2.54. The number of thiocarbonyl (C=S) groups is 1. The van der Waals surface area contributed by atoms with Crippen molar-refractivity contribution in [2.45, 2.75) is 13.0 Å². The normalized spacial score (nSPS) is 19.6. The summed E-state index contributed by atoms with van der Waals surface area (Å²) in [4.78, 5) is 15.8. The first-order valence-corrected chi connectivity index (χ1v) is 8.16. The minimum absolute atomic E-state index is 0.00663. The van der Waals surface area contributed by atoms with E-state index in [1.165, 1.54) is 0 Å². The Bertz CT molecular complexity index is 428. The minimum Gasteiger partial charge on any atom is -0.392 e. The van der Waals surface area contributed by atoms with Crippen LogP contribution < -0.4 is 5.73 Å². The van der Waals surface area contributed by atoms with E-state index in [0.29, 0.717) is 31.2 Å². The maximum atomic E-state index is 11.7. The summed E-state index contributed by atoms with van der Waals surface area (Å²) in [5.41, 5.74) is 5.57. The van der Waals surface area contributed by atoms with Gasteiger partial charge in [0, 0.05) is 32.4 Å². The van der Waals surface area contributed by atoms with Crippen LogP contribution in [-0.2, 0) is 14.6 Å². The molecule has 104 valence electrons. The van der Waals surface area contributed by atoms with Gasteiger partial charge in [-0.25, -0.2) is 8.42 Å². The Morgan fingerprint density at radius 2 is 1.83 bits per heavy atom. The van der Waals surface area contributed by atoms with Crippen LogP contribution in [-0.4, -0.2) is 73.3 Å². The fourth-order valence-electron chi connectivity index (χ4n) is 1.85. The number of hydrogen-bond acceptors (Lipinski definition) is 5. The highest BCUT2D eigenvalue weighted by atomic mass is 32.2. The predicted molar refractivity (Wildman–Crippen MR) is 74.1 cm³/mol. The van der Waals surface area contributed by atoms with Crippen LogP contribution >= 0.6 is 12.2 Å². The second kappa shape index (κ2) is 5.94. The minimum atomic E-state index is -3.26. The molecular formula is C10H19N3O3S2. The van der Waals surface area contributed by atoms with Crippen LogP contribution in [0.15, 0.2) is 0 Å². The van der Waals surface area contributed by atoms with Crippen LogP contribution in [0.3, 0.4) is 0 Å². The smallest absolute Gasteiger partial charge is 0.237 e. The van der Waals surface area contributed by atoms with Gasteiger partial charge in [0.05, 0.1) is 11.0 Å². The number of rotatable bonds is 4. The van der Waals surface area contributed by atoms with E-state index in [2.05, 4.69) is 4.90 Å². The van der Waals surface area contributed by atoms with Crippen LogP contribution in [0.5, 0.6) is 0 Å². The van der Waals surface area contributed by atoms with Gasteiger partial charge < -0.3 is 10.6 Å². The molecule has 1 atom stereocenters. The Kier molecular flexibility index (Phi) is 5.06. The van der Waals surface area contributed by atoms with Crippen LogP contribution in [0.1, 0.15) is 6.92 Å². The molecule has 1 fully saturated rings. The summed E-state index contributed by atoms with van der Waals surface area (Å²) in [7, 11) is -3.26. The number of carbonyl (C=O) groups excluding carboxylic acids is 1. The van der Waals surface area contributed by atoms with Crippen LogP contribution in [0.2, 0.25) is 0 Å². The fourth-order valence-corrected chi connectivity index (χ4v) is 2.63. The molecular weight excluding hydrogens is 274 g/mol. The van der Waals surface area contributed by atoms with Crippen molar-refractivity contribution in [2.24, 2.45) is 5.73 Å². The molecule has 0 aromatic heterocycles. The second-order valence-corrected chi connectivity index (χ2v) is 7.18. The molecule has 1 saturated heterocycles. The van der Waals surface area contributed by atoms with Gasteiger partial charge in [-0.05, 0) is 6.92 Å². The Labute approximate surface area is 113 Å². The van der Waals surface area contributed by atoms with Gasteiger partial charge in [-0.2, -0.15) is 0 Å². The topological polar surface area (TPSA) is 83.7 Å². The highest BCUT2D eigenvalue weighted by Crippen LogP contribution is 2.07. The molecule has 1 amide bonds. The maximum absolute atomic E-state index is 11.7. The molecule has 0 spiro atoms. The molecule has 0 aromatic carbocycles. The van der Waals surface area contributed by atoms with Crippen molar-refractivity contribution in [1.29, 1.82) is 0 Å². The van der Waals surface area contributed by atoms with E-state index < -0.39 is 15.6 Å². The highest BCUT2D eigenvalue weighted by Gasteiger charge is 2.26. The molecule has 1 heterocycles. The van der Waals surface area contributed by atoms with Gasteiger partial charge in [0.15, 0.2) is 9.84 Å². The molecule has 8 heteroatoms. The third kappa shape index (κ3) is 4.51. The summed E-state index contributed by atoms with van der Waals surface area (Å²) in [6, 6.07) is 0.00663. The maximum Gasteiger partial charge on any atom is 0.237 e. The van der Waals surface area contributed by atoms with Gasteiger partial charge >= 0.3 is 0 Å². The lowest BCUT2D eigenvalue weighted by Gasteiger charge is -2.37. The first kappa shape index (κ1) is 15.3. The first-order chi connectivity index (χ1) is 8.20. The lowest BCUT2D eigenvalue weighted by atomic mass is 10.2. The third-order valence-corrected chi connectivity index (χ3v) is 4.12. The van der Waals surface area contributed by atoms with Crippen molar-refractivity contribution in [1.82, 2.24) is 9.80 Å². The zero-order chi connectivity index (χ0) is 13.9. The number of amides is 1. The Hall–Kier alpha value is -0.730. The molecule has 1 rings (SSSR count). The molecule has 1 aliphatic rings. The van der Waals surface area contributed by atoms with Gasteiger partial charge in [0.2, 0.25) is 5.91 Å². The Balaban J connectivity index is 2.49. The van der Waals surface area contributed by atoms with E-state index in [1.807, 2.05) is 6.92 Å². The van der Waals surface area contributed by atoms with Gasteiger partial charge in [0.1, 0.15) is 5.75 Å². The van der Waals surface area contributed by atoms with E-state index in [9.17, 15) is 13.2 Å². The largest absolute Gasteiger partial charge is 0.392 e. The van der Waals surface area contributed by atoms with Gasteiger partial charge in [-0.15, -0.1) is 0 Å². The van der Waals surface area contributed by atoms with E-state index in [-0.39, 0.29) is 11.9 Å². The zero-order valence-corrected chi connectivity index (χ0v) is 12.3. The summed E-state index contributed by atoms with van der Waals surface area (Å²) in [6.07, 6.45) is 1.07. The molecule has 0 aromatic rings. The number of nitrogens with zero attached hydrogens (tertiary/aromatic N) is 2. The molecule has 2 N–H and O–H groups in total. The standard InChI is InChI=1S/C10H19N3O3S2/c1-8(10(11)17)12-3-5-13(6-4-12)9(14)7-18(2,15)16/h8H,3-7H2,1-2H3,(H2,11,17). The van der Waals surface area contributed by atoms with Crippen molar-refractivity contribution < 1.29 is 13.2 Å². The molecule has 0 saturated carbocycles. The average molecular weight is 293 g/mol. The average Bonchev–Trinajstić information content (AvgIpc) is 2.26. The van der Waals surface area contributed by atoms with Crippen molar-refractivity contribution in [2.75, 3.05) is 38.2 Å². The van der Waals surface area contributed by atoms with Crippen molar-refractivity contribution in [3.05, 3.63) is 0 Å². The molecule has 1 unspecified atom stereocenters. The van der Waals surface area contributed by atoms with Gasteiger partial charge in [-0.1, -0.05) is 12.2 Å². The van der Waals surface area contributed by atoms with Gasteiger partial charge in [-0.3, -0.25) is 9.69 Å². The molecule has 18 heavy (non-hydrogen) atoms. The van der Waals surface area contributed by atoms with Crippen molar-refractivity contribution in [3.8, 4) is 0 Å². The number of sulfone groups is 1. The molecule has 0 aliphatic carbocycles. The first-order valence-electron chi connectivity index (χ1n) is 5.69. The van der Waals surface area contributed by atoms with E-state index in [4.69, 9.17) is 18.0 Å². The van der Waals surface area contributed by atoms with Crippen LogP contribution in [0.25, 0.3) is 0 Å². The summed E-state index contributed by atoms with van der Waals surface area (Å²) in [6.45, 7) is 4.28. The lowest BCUT2D eigenvalue weighted by molar-refractivity contribution is -0.130. The van der Waals surface area contributed by atoms with Crippen molar-refractivity contribution in [3.63, 3.8) is 0 Å². The van der Waals surface area contributed by atoms with Crippen molar-refractivity contribution >= 4 is 33.0 Å². The summed E-state index contributed by atoms with van der Waals surface area (Å²) >= 11 is 4.93. The Morgan fingerprint density at radius 3 is 2.22 bits per heavy atom. The molecule has 0 bridgehead atoms. The number of hydrogen-bond donors (Lipinski definition) is 1. The van der Waals surface area contributed by atoms with Crippen LogP contribution in [0, 0.1) is 0 Å². The predicted octanol–water partition coefficient (Wildman–Crippen LogP) is -1.15. The molecule has 6 nitrogen and oxygen atoms in total. The third-order valence-electron chi connectivity index (χ3n) is 3.01. The van der Waals surface area contributed by atoms with E-state index >= 15 is 0 Å². The summed E-state index contributed by atoms with van der Waals surface area (Å²) < 4.78 is 22.1. The summed E-state index contributed by atoms with van der Waals surface area (Å²) in [5, 5.41) is 0.